The maximum Gasteiger partial charge on any atom is 0.261 e. The molecule has 0 saturated heterocycles. The number of aryl methyl sites for hydroxylation is 1. The molecule has 90 valence electrons. The van der Waals surface area contributed by atoms with Crippen molar-refractivity contribution in [2.75, 3.05) is 5.73 Å². The fourth-order valence-electron chi connectivity index (χ4n) is 1.67. The van der Waals surface area contributed by atoms with Crippen LogP contribution in [-0.4, -0.2) is 4.98 Å². The number of rotatable bonds is 2. The highest BCUT2D eigenvalue weighted by Gasteiger charge is 2.07. The first-order chi connectivity index (χ1) is 8.70. The average Bonchev–Trinajstić information content (AvgIpc) is 2.73. The van der Waals surface area contributed by atoms with E-state index in [0.29, 0.717) is 10.9 Å². The Labute approximate surface area is 109 Å². The molecule has 2 aromatic carbocycles. The van der Waals surface area contributed by atoms with Gasteiger partial charge >= 0.3 is 0 Å². The number of benzene rings is 2. The molecule has 3 aromatic rings. The van der Waals surface area contributed by atoms with E-state index >= 15 is 0 Å². The second-order valence-corrected chi connectivity index (χ2v) is 5.15. The van der Waals surface area contributed by atoms with Gasteiger partial charge in [-0.15, -0.1) is 0 Å². The lowest BCUT2D eigenvalue weighted by Crippen LogP contribution is -1.82. The van der Waals surface area contributed by atoms with Gasteiger partial charge in [-0.1, -0.05) is 17.7 Å². The summed E-state index contributed by atoms with van der Waals surface area (Å²) < 4.78 is 5.65. The molecule has 18 heavy (non-hydrogen) atoms. The summed E-state index contributed by atoms with van der Waals surface area (Å²) in [5.74, 6) is 0. The highest BCUT2D eigenvalue weighted by Crippen LogP contribution is 2.30. The van der Waals surface area contributed by atoms with E-state index < -0.39 is 0 Å². The number of oxazole rings is 1. The molecule has 0 unspecified atom stereocenters. The van der Waals surface area contributed by atoms with Gasteiger partial charge in [0.15, 0.2) is 5.58 Å². The van der Waals surface area contributed by atoms with Crippen LogP contribution >= 0.6 is 11.8 Å². The van der Waals surface area contributed by atoms with Crippen LogP contribution in [0.2, 0.25) is 0 Å². The molecule has 4 heteroatoms. The lowest BCUT2D eigenvalue weighted by Gasteiger charge is -1.96. The number of nitrogens with two attached hydrogens (primary N) is 1. The van der Waals surface area contributed by atoms with Gasteiger partial charge in [-0.25, -0.2) is 4.98 Å². The Bertz CT molecular complexity index is 689. The van der Waals surface area contributed by atoms with Crippen molar-refractivity contribution in [2.24, 2.45) is 0 Å². The van der Waals surface area contributed by atoms with E-state index in [2.05, 4.69) is 36.2 Å². The van der Waals surface area contributed by atoms with E-state index in [1.165, 1.54) is 17.3 Å². The van der Waals surface area contributed by atoms with Crippen LogP contribution in [0.4, 0.5) is 5.69 Å². The molecule has 3 rings (SSSR count). The van der Waals surface area contributed by atoms with E-state index in [4.69, 9.17) is 10.2 Å². The molecule has 0 radical (unpaired) electrons. The van der Waals surface area contributed by atoms with Crippen molar-refractivity contribution >= 4 is 28.5 Å². The molecule has 1 heterocycles. The second-order valence-electron chi connectivity index (χ2n) is 4.12. The average molecular weight is 256 g/mol. The minimum absolute atomic E-state index is 0.638. The monoisotopic (exact) mass is 256 g/mol. The van der Waals surface area contributed by atoms with E-state index in [9.17, 15) is 0 Å². The summed E-state index contributed by atoms with van der Waals surface area (Å²) in [4.78, 5) is 5.52. The SMILES string of the molecule is Cc1ccc(Sc2nc3cc(N)ccc3o2)cc1. The summed E-state index contributed by atoms with van der Waals surface area (Å²) in [6.07, 6.45) is 0. The second kappa shape index (κ2) is 4.38. The highest BCUT2D eigenvalue weighted by atomic mass is 32.2. The van der Waals surface area contributed by atoms with Crippen molar-refractivity contribution in [3.63, 3.8) is 0 Å². The van der Waals surface area contributed by atoms with Crippen LogP contribution in [0.15, 0.2) is 57.0 Å². The van der Waals surface area contributed by atoms with E-state index in [1.54, 1.807) is 0 Å². The predicted molar refractivity (Wildman–Crippen MR) is 73.7 cm³/mol. The fourth-order valence-corrected chi connectivity index (χ4v) is 2.42. The molecule has 0 aliphatic heterocycles. The predicted octanol–water partition coefficient (Wildman–Crippen LogP) is 3.87. The number of hydrogen-bond donors (Lipinski definition) is 1. The quantitative estimate of drug-likeness (QED) is 0.707. The molecular weight excluding hydrogens is 244 g/mol. The molecule has 0 aliphatic rings. The van der Waals surface area contributed by atoms with Crippen molar-refractivity contribution in [2.45, 2.75) is 17.0 Å². The van der Waals surface area contributed by atoms with Gasteiger partial charge in [-0.3, -0.25) is 0 Å². The Morgan fingerprint density at radius 1 is 1.11 bits per heavy atom. The maximum absolute atomic E-state index is 5.71. The first-order valence-corrected chi connectivity index (χ1v) is 6.43. The molecular formula is C14H12N2OS. The Morgan fingerprint density at radius 3 is 2.67 bits per heavy atom. The Kier molecular flexibility index (Phi) is 2.72. The zero-order chi connectivity index (χ0) is 12.5. The third-order valence-electron chi connectivity index (χ3n) is 2.62. The normalized spacial score (nSPS) is 10.9. The van der Waals surface area contributed by atoms with Crippen molar-refractivity contribution < 1.29 is 4.42 Å². The molecule has 0 saturated carbocycles. The number of nitrogen functional groups attached to an aromatic ring is 1. The molecule has 0 bridgehead atoms. The van der Waals surface area contributed by atoms with Crippen LogP contribution in [0.5, 0.6) is 0 Å². The third kappa shape index (κ3) is 2.19. The number of anilines is 1. The Hall–Kier alpha value is -1.94. The van der Waals surface area contributed by atoms with Gasteiger partial charge in [-0.05, 0) is 49.0 Å². The van der Waals surface area contributed by atoms with Crippen molar-refractivity contribution in [3.05, 3.63) is 48.0 Å². The maximum atomic E-state index is 5.71. The summed E-state index contributed by atoms with van der Waals surface area (Å²) in [6, 6.07) is 13.7. The minimum atomic E-state index is 0.638. The molecule has 0 aliphatic carbocycles. The molecule has 0 amide bonds. The highest BCUT2D eigenvalue weighted by molar-refractivity contribution is 7.99. The molecule has 2 N–H and O–H groups in total. The van der Waals surface area contributed by atoms with Crippen LogP contribution < -0.4 is 5.73 Å². The number of fused-ring (bicyclic) bond motifs is 1. The first-order valence-electron chi connectivity index (χ1n) is 5.61. The zero-order valence-corrected chi connectivity index (χ0v) is 10.7. The van der Waals surface area contributed by atoms with Crippen LogP contribution in [0.25, 0.3) is 11.1 Å². The van der Waals surface area contributed by atoms with Gasteiger partial charge in [0.25, 0.3) is 5.22 Å². The van der Waals surface area contributed by atoms with Gasteiger partial charge in [0.1, 0.15) is 5.52 Å². The van der Waals surface area contributed by atoms with Gasteiger partial charge in [0.2, 0.25) is 0 Å². The van der Waals surface area contributed by atoms with E-state index in [1.807, 2.05) is 18.2 Å². The lowest BCUT2D eigenvalue weighted by atomic mass is 10.2. The topological polar surface area (TPSA) is 52.0 Å². The van der Waals surface area contributed by atoms with Crippen molar-refractivity contribution in [1.29, 1.82) is 0 Å². The molecule has 0 spiro atoms. The Morgan fingerprint density at radius 2 is 1.89 bits per heavy atom. The molecule has 0 fully saturated rings. The van der Waals surface area contributed by atoms with Gasteiger partial charge in [-0.2, -0.15) is 0 Å². The van der Waals surface area contributed by atoms with Gasteiger partial charge in [0.05, 0.1) is 0 Å². The van der Waals surface area contributed by atoms with Crippen LogP contribution in [-0.2, 0) is 0 Å². The number of nitrogens with zero attached hydrogens (tertiary/aromatic N) is 1. The summed E-state index contributed by atoms with van der Waals surface area (Å²) in [5, 5.41) is 0.638. The van der Waals surface area contributed by atoms with Crippen molar-refractivity contribution in [1.82, 2.24) is 4.98 Å². The van der Waals surface area contributed by atoms with Crippen LogP contribution in [0.1, 0.15) is 5.56 Å². The number of aromatic nitrogens is 1. The fraction of sp³-hybridized carbons (Fsp3) is 0.0714. The number of hydrogen-bond acceptors (Lipinski definition) is 4. The first kappa shape index (κ1) is 11.2. The summed E-state index contributed by atoms with van der Waals surface area (Å²) in [7, 11) is 0. The van der Waals surface area contributed by atoms with Crippen molar-refractivity contribution in [3.8, 4) is 0 Å². The Balaban J connectivity index is 1.92. The summed E-state index contributed by atoms with van der Waals surface area (Å²) in [5.41, 5.74) is 9.21. The van der Waals surface area contributed by atoms with Gasteiger partial charge < -0.3 is 10.2 Å². The smallest absolute Gasteiger partial charge is 0.261 e. The van der Waals surface area contributed by atoms with Crippen LogP contribution in [0, 0.1) is 6.92 Å². The van der Waals surface area contributed by atoms with Gasteiger partial charge in [0, 0.05) is 10.6 Å². The summed E-state index contributed by atoms with van der Waals surface area (Å²) in [6.45, 7) is 2.07. The zero-order valence-electron chi connectivity index (χ0n) is 9.88. The standard InChI is InChI=1S/C14H12N2OS/c1-9-2-5-11(6-3-9)18-14-16-12-8-10(15)4-7-13(12)17-14/h2-8H,15H2,1H3. The van der Waals surface area contributed by atoms with E-state index in [-0.39, 0.29) is 0 Å². The van der Waals surface area contributed by atoms with Crippen LogP contribution in [0.3, 0.4) is 0 Å². The van der Waals surface area contributed by atoms with E-state index in [0.717, 1.165) is 16.0 Å². The minimum Gasteiger partial charge on any atom is -0.431 e. The molecule has 0 atom stereocenters. The summed E-state index contributed by atoms with van der Waals surface area (Å²) >= 11 is 1.51. The third-order valence-corrected chi connectivity index (χ3v) is 3.48. The lowest BCUT2D eigenvalue weighted by molar-refractivity contribution is 0.489. The molecule has 3 nitrogen and oxygen atoms in total. The molecule has 1 aromatic heterocycles. The largest absolute Gasteiger partial charge is 0.431 e.